The van der Waals surface area contributed by atoms with Crippen LogP contribution in [0.2, 0.25) is 0 Å². The smallest absolute Gasteiger partial charge is 0.228 e. The average Bonchev–Trinajstić information content (AvgIpc) is 2.85. The normalized spacial score (nSPS) is 14.5. The van der Waals surface area contributed by atoms with E-state index in [2.05, 4.69) is 21.2 Å². The number of benzene rings is 2. The predicted octanol–water partition coefficient (Wildman–Crippen LogP) is 3.03. The van der Waals surface area contributed by atoms with Crippen molar-refractivity contribution in [1.82, 2.24) is 0 Å². The molecule has 1 amide bonds. The number of anilines is 1. The van der Waals surface area contributed by atoms with E-state index in [0.29, 0.717) is 6.42 Å². The van der Waals surface area contributed by atoms with Crippen molar-refractivity contribution in [2.75, 3.05) is 12.4 Å². The molecule has 1 unspecified atom stereocenters. The van der Waals surface area contributed by atoms with Crippen molar-refractivity contribution in [3.63, 3.8) is 0 Å². The zero-order chi connectivity index (χ0) is 15.0. The van der Waals surface area contributed by atoms with Gasteiger partial charge in [-0.2, -0.15) is 0 Å². The van der Waals surface area contributed by atoms with Crippen LogP contribution in [0.4, 0.5) is 5.69 Å². The molecule has 2 N–H and O–H groups in total. The zero-order valence-corrected chi connectivity index (χ0v) is 13.0. The van der Waals surface area contributed by atoms with Crippen molar-refractivity contribution in [3.05, 3.63) is 57.6 Å². The van der Waals surface area contributed by atoms with E-state index in [1.165, 1.54) is 0 Å². The van der Waals surface area contributed by atoms with Crippen LogP contribution in [-0.2, 0) is 11.2 Å². The second kappa shape index (κ2) is 5.50. The molecule has 1 atom stereocenters. The van der Waals surface area contributed by atoms with E-state index < -0.39 is 6.10 Å². The van der Waals surface area contributed by atoms with Gasteiger partial charge in [0.15, 0.2) is 0 Å². The largest absolute Gasteiger partial charge is 0.496 e. The Balaban J connectivity index is 1.92. The topological polar surface area (TPSA) is 58.6 Å². The summed E-state index contributed by atoms with van der Waals surface area (Å²) in [7, 11) is 1.60. The minimum absolute atomic E-state index is 0.0103. The number of carbonyl (C=O) groups excluding carboxylic acids is 1. The molecule has 4 nitrogen and oxygen atoms in total. The lowest BCUT2D eigenvalue weighted by atomic mass is 9.99. The third-order valence-electron chi connectivity index (χ3n) is 3.56. The number of methoxy groups -OCH3 is 1. The van der Waals surface area contributed by atoms with Gasteiger partial charge in [-0.1, -0.05) is 18.2 Å². The molecular formula is C16H14BrNO3. The van der Waals surface area contributed by atoms with Crippen LogP contribution >= 0.6 is 15.9 Å². The summed E-state index contributed by atoms with van der Waals surface area (Å²) in [6, 6.07) is 11.0. The Labute approximate surface area is 130 Å². The van der Waals surface area contributed by atoms with Crippen LogP contribution in [0.3, 0.4) is 0 Å². The number of nitrogens with one attached hydrogen (secondary N) is 1. The molecule has 0 bridgehead atoms. The Morgan fingerprint density at radius 1 is 1.24 bits per heavy atom. The molecule has 0 saturated carbocycles. The summed E-state index contributed by atoms with van der Waals surface area (Å²) in [6.45, 7) is 0. The molecule has 0 saturated heterocycles. The van der Waals surface area contributed by atoms with Crippen molar-refractivity contribution in [2.24, 2.45) is 0 Å². The number of rotatable bonds is 3. The van der Waals surface area contributed by atoms with Crippen molar-refractivity contribution >= 4 is 27.5 Å². The fraction of sp³-hybridized carbons (Fsp3) is 0.188. The number of halogens is 1. The van der Waals surface area contributed by atoms with Gasteiger partial charge in [-0.25, -0.2) is 0 Å². The number of hydrogen-bond donors (Lipinski definition) is 2. The molecule has 2 aromatic rings. The van der Waals surface area contributed by atoms with Gasteiger partial charge in [0.2, 0.25) is 5.91 Å². The van der Waals surface area contributed by atoms with E-state index in [1.54, 1.807) is 13.2 Å². The van der Waals surface area contributed by atoms with Gasteiger partial charge >= 0.3 is 0 Å². The lowest BCUT2D eigenvalue weighted by Gasteiger charge is -2.14. The van der Waals surface area contributed by atoms with Gasteiger partial charge in [0, 0.05) is 5.69 Å². The number of carbonyl (C=O) groups is 1. The lowest BCUT2D eigenvalue weighted by molar-refractivity contribution is -0.115. The summed E-state index contributed by atoms with van der Waals surface area (Å²) in [5.74, 6) is 0.707. The van der Waals surface area contributed by atoms with Crippen LogP contribution in [0.5, 0.6) is 5.75 Å². The van der Waals surface area contributed by atoms with Crippen LogP contribution < -0.4 is 10.1 Å². The Morgan fingerprint density at radius 2 is 1.95 bits per heavy atom. The number of amides is 1. The molecule has 5 heteroatoms. The summed E-state index contributed by atoms with van der Waals surface area (Å²) in [5.41, 5.74) is 3.28. The summed E-state index contributed by atoms with van der Waals surface area (Å²) >= 11 is 3.42. The Bertz CT molecular complexity index is 715. The van der Waals surface area contributed by atoms with Crippen LogP contribution in [0.1, 0.15) is 22.8 Å². The second-order valence-electron chi connectivity index (χ2n) is 4.94. The highest BCUT2D eigenvalue weighted by Crippen LogP contribution is 2.32. The molecule has 21 heavy (non-hydrogen) atoms. The van der Waals surface area contributed by atoms with E-state index in [1.807, 2.05) is 30.3 Å². The molecule has 0 aliphatic carbocycles. The first kappa shape index (κ1) is 14.1. The first-order chi connectivity index (χ1) is 10.1. The molecule has 0 fully saturated rings. The highest BCUT2D eigenvalue weighted by Gasteiger charge is 2.20. The molecule has 2 aromatic carbocycles. The quantitative estimate of drug-likeness (QED) is 0.897. The molecular weight excluding hydrogens is 334 g/mol. The van der Waals surface area contributed by atoms with Crippen molar-refractivity contribution in [3.8, 4) is 5.75 Å². The molecule has 0 radical (unpaired) electrons. The molecule has 108 valence electrons. The third kappa shape index (κ3) is 2.66. The minimum atomic E-state index is -0.742. The number of aliphatic hydroxyl groups excluding tert-OH is 1. The highest BCUT2D eigenvalue weighted by atomic mass is 79.9. The van der Waals surface area contributed by atoms with E-state index in [-0.39, 0.29) is 5.91 Å². The molecule has 0 aromatic heterocycles. The van der Waals surface area contributed by atoms with Crippen molar-refractivity contribution in [2.45, 2.75) is 12.5 Å². The first-order valence-corrected chi connectivity index (χ1v) is 7.32. The predicted molar refractivity (Wildman–Crippen MR) is 83.5 cm³/mol. The molecule has 3 rings (SSSR count). The van der Waals surface area contributed by atoms with Gasteiger partial charge in [-0.05, 0) is 50.8 Å². The standard InChI is InChI=1S/C16H14BrNO3/c1-21-14-5-3-10(7-12(14)17)16(20)9-2-4-13-11(6-9)8-15(19)18-13/h2-7,16,20H,8H2,1H3,(H,18,19). The minimum Gasteiger partial charge on any atom is -0.496 e. The lowest BCUT2D eigenvalue weighted by Crippen LogP contribution is -2.03. The number of aliphatic hydroxyl groups is 1. The molecule has 1 aliphatic rings. The summed E-state index contributed by atoms with van der Waals surface area (Å²) in [5, 5.41) is 13.3. The highest BCUT2D eigenvalue weighted by molar-refractivity contribution is 9.10. The maximum absolute atomic E-state index is 11.4. The summed E-state index contributed by atoms with van der Waals surface area (Å²) in [6.07, 6.45) is -0.379. The molecule has 1 aliphatic heterocycles. The van der Waals surface area contributed by atoms with Crippen LogP contribution in [-0.4, -0.2) is 18.1 Å². The maximum atomic E-state index is 11.4. The van der Waals surface area contributed by atoms with Gasteiger partial charge in [-0.3, -0.25) is 4.79 Å². The monoisotopic (exact) mass is 347 g/mol. The van der Waals surface area contributed by atoms with Crippen molar-refractivity contribution in [1.29, 1.82) is 0 Å². The van der Waals surface area contributed by atoms with E-state index in [9.17, 15) is 9.90 Å². The van der Waals surface area contributed by atoms with Gasteiger partial charge in [-0.15, -0.1) is 0 Å². The third-order valence-corrected chi connectivity index (χ3v) is 4.18. The number of fused-ring (bicyclic) bond motifs is 1. The average molecular weight is 348 g/mol. The second-order valence-corrected chi connectivity index (χ2v) is 5.79. The Morgan fingerprint density at radius 3 is 2.67 bits per heavy atom. The van der Waals surface area contributed by atoms with Gasteiger partial charge in [0.05, 0.1) is 18.0 Å². The zero-order valence-electron chi connectivity index (χ0n) is 11.4. The molecule has 0 spiro atoms. The van der Waals surface area contributed by atoms with Gasteiger partial charge in [0.25, 0.3) is 0 Å². The number of hydrogen-bond acceptors (Lipinski definition) is 3. The van der Waals surface area contributed by atoms with E-state index in [0.717, 1.165) is 32.6 Å². The first-order valence-electron chi connectivity index (χ1n) is 6.52. The summed E-state index contributed by atoms with van der Waals surface area (Å²) < 4.78 is 5.97. The summed E-state index contributed by atoms with van der Waals surface area (Å²) in [4.78, 5) is 11.4. The number of ether oxygens (including phenoxy) is 1. The van der Waals surface area contributed by atoms with E-state index in [4.69, 9.17) is 4.74 Å². The van der Waals surface area contributed by atoms with Crippen molar-refractivity contribution < 1.29 is 14.6 Å². The van der Waals surface area contributed by atoms with Crippen LogP contribution in [0.15, 0.2) is 40.9 Å². The van der Waals surface area contributed by atoms with Gasteiger partial charge < -0.3 is 15.2 Å². The van der Waals surface area contributed by atoms with Gasteiger partial charge in [0.1, 0.15) is 11.9 Å². The van der Waals surface area contributed by atoms with E-state index >= 15 is 0 Å². The fourth-order valence-corrected chi connectivity index (χ4v) is 3.02. The SMILES string of the molecule is COc1ccc(C(O)c2ccc3c(c2)CC(=O)N3)cc1Br. The maximum Gasteiger partial charge on any atom is 0.228 e. The molecule has 1 heterocycles. The van der Waals surface area contributed by atoms with Crippen LogP contribution in [0.25, 0.3) is 0 Å². The van der Waals surface area contributed by atoms with Crippen LogP contribution in [0, 0.1) is 0 Å². The fourth-order valence-electron chi connectivity index (χ4n) is 2.46. The Kier molecular flexibility index (Phi) is 3.69. The Hall–Kier alpha value is -1.85.